The van der Waals surface area contributed by atoms with Crippen molar-refractivity contribution >= 4 is 41.0 Å². The second-order valence-electron chi connectivity index (χ2n) is 4.56. The third kappa shape index (κ3) is 3.23. The van der Waals surface area contributed by atoms with E-state index >= 15 is 0 Å². The number of non-ortho nitro benzene ring substituents is 1. The first-order valence-electron chi connectivity index (χ1n) is 6.11. The van der Waals surface area contributed by atoms with E-state index in [1.807, 2.05) is 0 Å². The molecule has 1 saturated heterocycles. The normalized spacial score (nSPS) is 18.1. The average Bonchev–Trinajstić information content (AvgIpc) is 3.04. The molecule has 3 rings (SSSR count). The lowest BCUT2D eigenvalue weighted by Crippen LogP contribution is -2.10. The minimum Gasteiger partial charge on any atom is -0.431 e. The van der Waals surface area contributed by atoms with Crippen LogP contribution in [0, 0.1) is 16.0 Å². The van der Waals surface area contributed by atoms with E-state index in [4.69, 9.17) is 4.42 Å². The smallest absolute Gasteiger partial charge is 0.271 e. The minimum atomic E-state index is -0.425. The Kier molecular flexibility index (Phi) is 4.85. The highest BCUT2D eigenvalue weighted by Crippen LogP contribution is 2.28. The number of nitrogens with zero attached hydrogens (tertiary/aromatic N) is 2. The summed E-state index contributed by atoms with van der Waals surface area (Å²) in [5, 5.41) is 14.6. The van der Waals surface area contributed by atoms with E-state index in [0.717, 1.165) is 18.8 Å². The number of nitro groups is 1. The Morgan fingerprint density at radius 3 is 3.10 bits per heavy atom. The molecule has 2 heterocycles. The molecule has 0 aliphatic carbocycles. The van der Waals surface area contributed by atoms with Gasteiger partial charge in [-0.25, -0.2) is 4.98 Å². The quantitative estimate of drug-likeness (QED) is 0.531. The summed E-state index contributed by atoms with van der Waals surface area (Å²) in [6.45, 7) is 2.11. The summed E-state index contributed by atoms with van der Waals surface area (Å²) < 4.78 is 5.57. The van der Waals surface area contributed by atoms with E-state index in [1.165, 1.54) is 18.6 Å². The molecule has 0 radical (unpaired) electrons. The summed E-state index contributed by atoms with van der Waals surface area (Å²) in [6, 6.07) is 4.48. The Morgan fingerprint density at radius 1 is 1.55 bits per heavy atom. The van der Waals surface area contributed by atoms with Gasteiger partial charge < -0.3 is 9.73 Å². The molecule has 0 amide bonds. The molecule has 1 aliphatic heterocycles. The van der Waals surface area contributed by atoms with Crippen LogP contribution < -0.4 is 5.32 Å². The van der Waals surface area contributed by atoms with Crippen LogP contribution in [0.15, 0.2) is 27.8 Å². The Morgan fingerprint density at radius 2 is 2.40 bits per heavy atom. The lowest BCUT2D eigenvalue weighted by Gasteiger charge is -2.03. The maximum Gasteiger partial charge on any atom is 0.271 e. The third-order valence-electron chi connectivity index (χ3n) is 3.17. The predicted molar refractivity (Wildman–Crippen MR) is 79.6 cm³/mol. The van der Waals surface area contributed by atoms with Gasteiger partial charge in [0.2, 0.25) is 0 Å². The highest BCUT2D eigenvalue weighted by atomic mass is 35.5. The van der Waals surface area contributed by atoms with Crippen LogP contribution in [0.1, 0.15) is 6.42 Å². The number of thioether (sulfide) groups is 1. The molecule has 1 atom stereocenters. The number of fused-ring (bicyclic) bond motifs is 1. The van der Waals surface area contributed by atoms with E-state index < -0.39 is 4.92 Å². The summed E-state index contributed by atoms with van der Waals surface area (Å²) >= 11 is 1.57. The standard InChI is InChI=1S/C12H13N3O3S.ClH/c16-15(17)9-1-2-11-10(5-9)14-12(18-11)19-7-8-3-4-13-6-8;/h1-2,5,8,13H,3-4,6-7H2;1H. The van der Waals surface area contributed by atoms with Crippen molar-refractivity contribution in [1.29, 1.82) is 0 Å². The zero-order valence-electron chi connectivity index (χ0n) is 10.6. The van der Waals surface area contributed by atoms with Crippen LogP contribution in [0.3, 0.4) is 0 Å². The summed E-state index contributed by atoms with van der Waals surface area (Å²) in [7, 11) is 0. The molecular formula is C12H14ClN3O3S. The van der Waals surface area contributed by atoms with Crippen molar-refractivity contribution in [2.75, 3.05) is 18.8 Å². The van der Waals surface area contributed by atoms with Gasteiger partial charge in [-0.1, -0.05) is 11.8 Å². The van der Waals surface area contributed by atoms with Crippen LogP contribution in [0.2, 0.25) is 0 Å². The van der Waals surface area contributed by atoms with Gasteiger partial charge in [0, 0.05) is 17.9 Å². The molecule has 8 heteroatoms. The number of oxazole rings is 1. The molecule has 1 aromatic carbocycles. The number of rotatable bonds is 4. The molecule has 0 spiro atoms. The van der Waals surface area contributed by atoms with E-state index in [-0.39, 0.29) is 18.1 Å². The van der Waals surface area contributed by atoms with Gasteiger partial charge in [0.25, 0.3) is 10.9 Å². The van der Waals surface area contributed by atoms with Crippen LogP contribution >= 0.6 is 24.2 Å². The zero-order valence-corrected chi connectivity index (χ0v) is 12.2. The SMILES string of the molecule is Cl.O=[N+]([O-])c1ccc2oc(SCC3CCNC3)nc2c1. The average molecular weight is 316 g/mol. The number of aromatic nitrogens is 1. The number of halogens is 1. The van der Waals surface area contributed by atoms with Gasteiger partial charge in [-0.05, 0) is 31.5 Å². The van der Waals surface area contributed by atoms with Gasteiger partial charge in [0.15, 0.2) is 5.58 Å². The van der Waals surface area contributed by atoms with Crippen LogP contribution in [0.4, 0.5) is 5.69 Å². The second kappa shape index (κ2) is 6.43. The fourth-order valence-corrected chi connectivity index (χ4v) is 3.09. The molecule has 0 saturated carbocycles. The molecule has 108 valence electrons. The number of nitrogens with one attached hydrogen (secondary N) is 1. The Balaban J connectivity index is 0.00000147. The highest BCUT2D eigenvalue weighted by molar-refractivity contribution is 7.99. The lowest BCUT2D eigenvalue weighted by atomic mass is 10.2. The van der Waals surface area contributed by atoms with Crippen LogP contribution in [-0.2, 0) is 0 Å². The van der Waals surface area contributed by atoms with Crippen LogP contribution in [0.5, 0.6) is 0 Å². The molecule has 1 aliphatic rings. The number of hydrogen-bond donors (Lipinski definition) is 1. The fourth-order valence-electron chi connectivity index (χ4n) is 2.12. The van der Waals surface area contributed by atoms with E-state index in [0.29, 0.717) is 22.2 Å². The molecule has 1 fully saturated rings. The lowest BCUT2D eigenvalue weighted by molar-refractivity contribution is -0.384. The molecular weight excluding hydrogens is 302 g/mol. The molecule has 0 bridgehead atoms. The van der Waals surface area contributed by atoms with Crippen molar-refractivity contribution in [1.82, 2.24) is 10.3 Å². The molecule has 1 N–H and O–H groups in total. The Hall–Kier alpha value is -1.31. The van der Waals surface area contributed by atoms with Gasteiger partial charge in [-0.3, -0.25) is 10.1 Å². The highest BCUT2D eigenvalue weighted by Gasteiger charge is 2.17. The topological polar surface area (TPSA) is 81.2 Å². The summed E-state index contributed by atoms with van der Waals surface area (Å²) in [6.07, 6.45) is 1.18. The summed E-state index contributed by atoms with van der Waals surface area (Å²) in [5.74, 6) is 1.61. The van der Waals surface area contributed by atoms with E-state index in [2.05, 4.69) is 10.3 Å². The Bertz CT molecular complexity index is 613. The van der Waals surface area contributed by atoms with Crippen molar-refractivity contribution in [3.8, 4) is 0 Å². The predicted octanol–water partition coefficient (Wildman–Crippen LogP) is 2.86. The second-order valence-corrected chi connectivity index (χ2v) is 5.53. The van der Waals surface area contributed by atoms with Crippen LogP contribution in [0.25, 0.3) is 11.1 Å². The van der Waals surface area contributed by atoms with Gasteiger partial charge >= 0.3 is 0 Å². The summed E-state index contributed by atoms with van der Waals surface area (Å²) in [5.41, 5.74) is 1.18. The fraction of sp³-hybridized carbons (Fsp3) is 0.417. The maximum absolute atomic E-state index is 10.7. The van der Waals surface area contributed by atoms with Crippen molar-refractivity contribution in [2.24, 2.45) is 5.92 Å². The number of hydrogen-bond acceptors (Lipinski definition) is 6. The van der Waals surface area contributed by atoms with Crippen molar-refractivity contribution < 1.29 is 9.34 Å². The number of nitro benzene ring substituents is 1. The summed E-state index contributed by atoms with van der Waals surface area (Å²) in [4.78, 5) is 14.5. The zero-order chi connectivity index (χ0) is 13.2. The molecule has 20 heavy (non-hydrogen) atoms. The van der Waals surface area contributed by atoms with Crippen molar-refractivity contribution in [3.05, 3.63) is 28.3 Å². The third-order valence-corrected chi connectivity index (χ3v) is 4.23. The largest absolute Gasteiger partial charge is 0.431 e. The first-order chi connectivity index (χ1) is 9.22. The minimum absolute atomic E-state index is 0. The van der Waals surface area contributed by atoms with E-state index in [1.54, 1.807) is 17.8 Å². The van der Waals surface area contributed by atoms with Gasteiger partial charge in [-0.15, -0.1) is 12.4 Å². The molecule has 2 aromatic rings. The first kappa shape index (κ1) is 15.1. The monoisotopic (exact) mass is 315 g/mol. The van der Waals surface area contributed by atoms with Crippen molar-refractivity contribution in [3.63, 3.8) is 0 Å². The van der Waals surface area contributed by atoms with Gasteiger partial charge in [0.1, 0.15) is 5.52 Å². The van der Waals surface area contributed by atoms with Crippen LogP contribution in [-0.4, -0.2) is 28.7 Å². The first-order valence-corrected chi connectivity index (χ1v) is 7.09. The Labute approximate surface area is 125 Å². The van der Waals surface area contributed by atoms with E-state index in [9.17, 15) is 10.1 Å². The molecule has 1 unspecified atom stereocenters. The number of benzene rings is 1. The van der Waals surface area contributed by atoms with Gasteiger partial charge in [-0.2, -0.15) is 0 Å². The molecule has 1 aromatic heterocycles. The molecule has 6 nitrogen and oxygen atoms in total. The maximum atomic E-state index is 10.7. The van der Waals surface area contributed by atoms with Crippen molar-refractivity contribution in [2.45, 2.75) is 11.6 Å². The van der Waals surface area contributed by atoms with Gasteiger partial charge in [0.05, 0.1) is 4.92 Å².